The Morgan fingerprint density at radius 3 is 2.50 bits per heavy atom. The predicted molar refractivity (Wildman–Crippen MR) is 82.7 cm³/mol. The second-order valence-corrected chi connectivity index (χ2v) is 6.64. The van der Waals surface area contributed by atoms with Crippen LogP contribution in [0.3, 0.4) is 0 Å². The van der Waals surface area contributed by atoms with E-state index in [1.807, 2.05) is 6.92 Å². The highest BCUT2D eigenvalue weighted by Gasteiger charge is 2.23. The molecule has 2 aliphatic heterocycles. The number of carbonyl (C=O) groups is 1. The van der Waals surface area contributed by atoms with Gasteiger partial charge < -0.3 is 15.1 Å². The van der Waals surface area contributed by atoms with E-state index in [9.17, 15) is 4.79 Å². The van der Waals surface area contributed by atoms with Crippen molar-refractivity contribution in [3.63, 3.8) is 0 Å². The van der Waals surface area contributed by atoms with Crippen LogP contribution >= 0.6 is 0 Å². The van der Waals surface area contributed by atoms with Crippen molar-refractivity contribution in [2.75, 3.05) is 39.8 Å². The Kier molecular flexibility index (Phi) is 6.30. The normalized spacial score (nSPS) is 27.1. The minimum Gasteiger partial charge on any atom is -0.341 e. The molecule has 2 aliphatic rings. The molecule has 4 heteroatoms. The SMILES string of the molecule is CC(NCC1CCCN(C)C1)C(=O)N1CCCCCC1. The van der Waals surface area contributed by atoms with Crippen LogP contribution < -0.4 is 5.32 Å². The number of amides is 1. The molecule has 0 aromatic carbocycles. The average molecular weight is 281 g/mol. The van der Waals surface area contributed by atoms with Crippen molar-refractivity contribution in [2.45, 2.75) is 51.5 Å². The van der Waals surface area contributed by atoms with E-state index in [-0.39, 0.29) is 6.04 Å². The van der Waals surface area contributed by atoms with Gasteiger partial charge in [0.05, 0.1) is 6.04 Å². The summed E-state index contributed by atoms with van der Waals surface area (Å²) in [4.78, 5) is 16.9. The molecule has 0 radical (unpaired) electrons. The summed E-state index contributed by atoms with van der Waals surface area (Å²) < 4.78 is 0. The summed E-state index contributed by atoms with van der Waals surface area (Å²) in [7, 11) is 2.19. The molecule has 2 fully saturated rings. The van der Waals surface area contributed by atoms with Gasteiger partial charge in [-0.3, -0.25) is 4.79 Å². The van der Waals surface area contributed by atoms with Gasteiger partial charge in [0.25, 0.3) is 0 Å². The minimum atomic E-state index is -0.0275. The molecule has 0 aliphatic carbocycles. The first-order chi connectivity index (χ1) is 9.66. The third-order valence-electron chi connectivity index (χ3n) is 4.72. The van der Waals surface area contributed by atoms with Crippen LogP contribution in [0.5, 0.6) is 0 Å². The standard InChI is InChI=1S/C16H31N3O/c1-14(16(20)19-10-5-3-4-6-11-19)17-12-15-8-7-9-18(2)13-15/h14-15,17H,3-13H2,1-2H3. The number of piperidine rings is 1. The lowest BCUT2D eigenvalue weighted by molar-refractivity contribution is -0.133. The molecule has 2 heterocycles. The highest BCUT2D eigenvalue weighted by molar-refractivity contribution is 5.81. The monoisotopic (exact) mass is 281 g/mol. The molecule has 2 saturated heterocycles. The van der Waals surface area contributed by atoms with E-state index in [0.29, 0.717) is 11.8 Å². The van der Waals surface area contributed by atoms with Gasteiger partial charge in [0.1, 0.15) is 0 Å². The largest absolute Gasteiger partial charge is 0.341 e. The van der Waals surface area contributed by atoms with E-state index in [4.69, 9.17) is 0 Å². The van der Waals surface area contributed by atoms with E-state index in [0.717, 1.165) is 26.2 Å². The molecule has 0 aromatic rings. The molecule has 2 rings (SSSR count). The Balaban J connectivity index is 1.72. The Bertz CT molecular complexity index is 300. The summed E-state index contributed by atoms with van der Waals surface area (Å²) in [6.07, 6.45) is 7.48. The topological polar surface area (TPSA) is 35.6 Å². The van der Waals surface area contributed by atoms with Crippen molar-refractivity contribution < 1.29 is 4.79 Å². The minimum absolute atomic E-state index is 0.0275. The van der Waals surface area contributed by atoms with E-state index in [2.05, 4.69) is 22.2 Å². The molecule has 2 unspecified atom stereocenters. The Labute approximate surface area is 123 Å². The van der Waals surface area contributed by atoms with Crippen LogP contribution in [0.1, 0.15) is 45.4 Å². The number of nitrogens with zero attached hydrogens (tertiary/aromatic N) is 2. The van der Waals surface area contributed by atoms with Gasteiger partial charge in [-0.05, 0) is 58.7 Å². The zero-order chi connectivity index (χ0) is 14.4. The number of hydrogen-bond acceptors (Lipinski definition) is 3. The van der Waals surface area contributed by atoms with Gasteiger partial charge in [0.2, 0.25) is 5.91 Å². The fraction of sp³-hybridized carbons (Fsp3) is 0.938. The van der Waals surface area contributed by atoms with Gasteiger partial charge >= 0.3 is 0 Å². The summed E-state index contributed by atoms with van der Waals surface area (Å²) in [5.74, 6) is 1.00. The zero-order valence-electron chi connectivity index (χ0n) is 13.2. The summed E-state index contributed by atoms with van der Waals surface area (Å²) in [6.45, 7) is 7.30. The maximum absolute atomic E-state index is 12.4. The van der Waals surface area contributed by atoms with Gasteiger partial charge in [0.15, 0.2) is 0 Å². The molecule has 116 valence electrons. The molecule has 0 spiro atoms. The Hall–Kier alpha value is -0.610. The number of rotatable bonds is 4. The molecule has 20 heavy (non-hydrogen) atoms. The molecule has 2 atom stereocenters. The Morgan fingerprint density at radius 2 is 1.85 bits per heavy atom. The summed E-state index contributed by atoms with van der Waals surface area (Å²) in [6, 6.07) is -0.0275. The molecule has 0 bridgehead atoms. The lowest BCUT2D eigenvalue weighted by Crippen LogP contribution is -2.47. The number of likely N-dealkylation sites (tertiary alicyclic amines) is 2. The first-order valence-corrected chi connectivity index (χ1v) is 8.37. The van der Waals surface area contributed by atoms with Gasteiger partial charge in [-0.2, -0.15) is 0 Å². The molecular formula is C16H31N3O. The summed E-state index contributed by atoms with van der Waals surface area (Å²) in [5.41, 5.74) is 0. The smallest absolute Gasteiger partial charge is 0.239 e. The van der Waals surface area contributed by atoms with E-state index < -0.39 is 0 Å². The second-order valence-electron chi connectivity index (χ2n) is 6.64. The highest BCUT2D eigenvalue weighted by Crippen LogP contribution is 2.15. The molecule has 4 nitrogen and oxygen atoms in total. The summed E-state index contributed by atoms with van der Waals surface area (Å²) >= 11 is 0. The fourth-order valence-electron chi connectivity index (χ4n) is 3.44. The lowest BCUT2D eigenvalue weighted by atomic mass is 9.98. The number of carbonyl (C=O) groups excluding carboxylic acids is 1. The van der Waals surface area contributed by atoms with Gasteiger partial charge in [0, 0.05) is 19.6 Å². The maximum atomic E-state index is 12.4. The predicted octanol–water partition coefficient (Wildman–Crippen LogP) is 1.71. The van der Waals surface area contributed by atoms with Crippen molar-refractivity contribution in [3.8, 4) is 0 Å². The molecule has 1 amide bonds. The maximum Gasteiger partial charge on any atom is 0.239 e. The van der Waals surface area contributed by atoms with E-state index in [1.165, 1.54) is 45.1 Å². The first-order valence-electron chi connectivity index (χ1n) is 8.37. The van der Waals surface area contributed by atoms with Crippen molar-refractivity contribution in [2.24, 2.45) is 5.92 Å². The fourth-order valence-corrected chi connectivity index (χ4v) is 3.44. The highest BCUT2D eigenvalue weighted by atomic mass is 16.2. The molecule has 0 saturated carbocycles. The van der Waals surface area contributed by atoms with Gasteiger partial charge in [-0.15, -0.1) is 0 Å². The second kappa shape index (κ2) is 7.99. The van der Waals surface area contributed by atoms with Crippen molar-refractivity contribution in [1.82, 2.24) is 15.1 Å². The Morgan fingerprint density at radius 1 is 1.15 bits per heavy atom. The van der Waals surface area contributed by atoms with E-state index >= 15 is 0 Å². The van der Waals surface area contributed by atoms with Crippen molar-refractivity contribution in [3.05, 3.63) is 0 Å². The van der Waals surface area contributed by atoms with E-state index in [1.54, 1.807) is 0 Å². The quantitative estimate of drug-likeness (QED) is 0.852. The van der Waals surface area contributed by atoms with Crippen LogP contribution in [0, 0.1) is 5.92 Å². The molecule has 1 N–H and O–H groups in total. The van der Waals surface area contributed by atoms with Crippen LogP contribution in [0.2, 0.25) is 0 Å². The van der Waals surface area contributed by atoms with Crippen LogP contribution in [0.25, 0.3) is 0 Å². The zero-order valence-corrected chi connectivity index (χ0v) is 13.2. The number of hydrogen-bond donors (Lipinski definition) is 1. The molecular weight excluding hydrogens is 250 g/mol. The number of nitrogens with one attached hydrogen (secondary N) is 1. The lowest BCUT2D eigenvalue weighted by Gasteiger charge is -2.31. The van der Waals surface area contributed by atoms with Gasteiger partial charge in [-0.25, -0.2) is 0 Å². The van der Waals surface area contributed by atoms with Crippen molar-refractivity contribution in [1.29, 1.82) is 0 Å². The van der Waals surface area contributed by atoms with Crippen LogP contribution in [0.15, 0.2) is 0 Å². The third-order valence-corrected chi connectivity index (χ3v) is 4.72. The molecule has 0 aromatic heterocycles. The summed E-state index contributed by atoms with van der Waals surface area (Å²) in [5, 5.41) is 3.47. The average Bonchev–Trinajstić information content (AvgIpc) is 2.73. The van der Waals surface area contributed by atoms with Crippen LogP contribution in [0.4, 0.5) is 0 Å². The van der Waals surface area contributed by atoms with Crippen LogP contribution in [-0.2, 0) is 4.79 Å². The van der Waals surface area contributed by atoms with Crippen LogP contribution in [-0.4, -0.2) is 61.5 Å². The first kappa shape index (κ1) is 15.8. The van der Waals surface area contributed by atoms with Gasteiger partial charge in [-0.1, -0.05) is 12.8 Å². The third kappa shape index (κ3) is 4.74. The van der Waals surface area contributed by atoms with Crippen molar-refractivity contribution >= 4 is 5.91 Å².